The van der Waals surface area contributed by atoms with Crippen LogP contribution in [0.5, 0.6) is 11.5 Å². The Morgan fingerprint density at radius 3 is 2.32 bits per heavy atom. The largest absolute Gasteiger partial charge is 0.494 e. The first-order valence-corrected chi connectivity index (χ1v) is 8.31. The summed E-state index contributed by atoms with van der Waals surface area (Å²) < 4.78 is 16.5. The zero-order valence-corrected chi connectivity index (χ0v) is 15.0. The fourth-order valence-electron chi connectivity index (χ4n) is 2.61. The second-order valence-electron chi connectivity index (χ2n) is 6.87. The Bertz CT molecular complexity index is 607. The van der Waals surface area contributed by atoms with Gasteiger partial charge in [-0.1, -0.05) is 0 Å². The lowest BCUT2D eigenvalue weighted by Crippen LogP contribution is -2.43. The maximum absolute atomic E-state index is 12.3. The van der Waals surface area contributed by atoms with Gasteiger partial charge in [0, 0.05) is 6.42 Å². The summed E-state index contributed by atoms with van der Waals surface area (Å²) >= 11 is 0. The molecule has 0 aliphatic carbocycles. The lowest BCUT2D eigenvalue weighted by atomic mass is 10.2. The molecule has 1 aromatic rings. The van der Waals surface area contributed by atoms with Gasteiger partial charge in [-0.15, -0.1) is 0 Å². The second kappa shape index (κ2) is 7.63. The minimum absolute atomic E-state index is 0.166. The van der Waals surface area contributed by atoms with E-state index in [0.717, 1.165) is 5.75 Å². The van der Waals surface area contributed by atoms with Gasteiger partial charge >= 0.3 is 12.1 Å². The highest BCUT2D eigenvalue weighted by molar-refractivity contribution is 5.81. The Morgan fingerprint density at radius 2 is 1.80 bits per heavy atom. The summed E-state index contributed by atoms with van der Waals surface area (Å²) in [5.74, 6) is 0.271. The highest BCUT2D eigenvalue weighted by atomic mass is 16.6. The molecular weight excluding hydrogens is 326 g/mol. The van der Waals surface area contributed by atoms with E-state index in [2.05, 4.69) is 0 Å². The van der Waals surface area contributed by atoms with Gasteiger partial charge in [0.15, 0.2) is 0 Å². The molecule has 1 aromatic carbocycles. The van der Waals surface area contributed by atoms with Crippen molar-refractivity contribution in [3.63, 3.8) is 0 Å². The highest BCUT2D eigenvalue weighted by Gasteiger charge is 2.42. The Hall–Kier alpha value is -2.44. The second-order valence-corrected chi connectivity index (χ2v) is 6.87. The van der Waals surface area contributed by atoms with Crippen LogP contribution in [0, 0.1) is 0 Å². The average Bonchev–Trinajstić information content (AvgIpc) is 2.92. The van der Waals surface area contributed by atoms with Crippen molar-refractivity contribution in [2.24, 2.45) is 0 Å². The van der Waals surface area contributed by atoms with Crippen molar-refractivity contribution in [3.05, 3.63) is 24.3 Å². The summed E-state index contributed by atoms with van der Waals surface area (Å²) in [4.78, 5) is 24.9. The van der Waals surface area contributed by atoms with Crippen LogP contribution in [0.3, 0.4) is 0 Å². The number of carbonyl (C=O) groups excluding carboxylic acids is 1. The van der Waals surface area contributed by atoms with Crippen molar-refractivity contribution in [1.82, 2.24) is 4.90 Å². The number of carboxylic acids is 1. The molecule has 2 unspecified atom stereocenters. The number of likely N-dealkylation sites (tertiary alicyclic amines) is 1. The molecule has 138 valence electrons. The molecule has 0 radical (unpaired) electrons. The van der Waals surface area contributed by atoms with Gasteiger partial charge in [0.25, 0.3) is 0 Å². The number of rotatable bonds is 5. The van der Waals surface area contributed by atoms with E-state index < -0.39 is 29.8 Å². The summed E-state index contributed by atoms with van der Waals surface area (Å²) in [6, 6.07) is 6.14. The van der Waals surface area contributed by atoms with Gasteiger partial charge < -0.3 is 19.3 Å². The van der Waals surface area contributed by atoms with Crippen molar-refractivity contribution in [2.75, 3.05) is 13.2 Å². The molecule has 7 heteroatoms. The number of ether oxygens (including phenoxy) is 3. The molecule has 2 atom stereocenters. The number of nitrogens with zero attached hydrogens (tertiary/aromatic N) is 1. The standard InChI is InChI=1S/C18H25NO6/c1-5-23-12-6-8-13(9-7-12)24-14-10-15(16(20)21)19(11-14)17(22)25-18(2,3)4/h6-9,14-15H,5,10-11H2,1-4H3,(H,20,21). The minimum Gasteiger partial charge on any atom is -0.494 e. The summed E-state index contributed by atoms with van der Waals surface area (Å²) in [7, 11) is 0. The van der Waals surface area contributed by atoms with Crippen LogP contribution in [0.25, 0.3) is 0 Å². The Labute approximate surface area is 147 Å². The topological polar surface area (TPSA) is 85.3 Å². The number of aliphatic carboxylic acids is 1. The van der Waals surface area contributed by atoms with Crippen molar-refractivity contribution in [2.45, 2.75) is 51.9 Å². The number of carboxylic acid groups (broad SMARTS) is 1. The molecule has 1 aliphatic rings. The van der Waals surface area contributed by atoms with Crippen LogP contribution >= 0.6 is 0 Å². The molecule has 7 nitrogen and oxygen atoms in total. The maximum Gasteiger partial charge on any atom is 0.411 e. The van der Waals surface area contributed by atoms with Gasteiger partial charge in [0.05, 0.1) is 13.2 Å². The van der Waals surface area contributed by atoms with Crippen LogP contribution in [0.1, 0.15) is 34.1 Å². The third-order valence-electron chi connectivity index (χ3n) is 3.61. The molecule has 0 spiro atoms. The number of hydrogen-bond donors (Lipinski definition) is 1. The number of benzene rings is 1. The fraction of sp³-hybridized carbons (Fsp3) is 0.556. The van der Waals surface area contributed by atoms with Crippen LogP contribution in [0.15, 0.2) is 24.3 Å². The molecule has 1 aliphatic heterocycles. The molecule has 1 fully saturated rings. The van der Waals surface area contributed by atoms with Crippen LogP contribution in [0.2, 0.25) is 0 Å². The van der Waals surface area contributed by atoms with Gasteiger partial charge in [0.1, 0.15) is 29.2 Å². The summed E-state index contributed by atoms with van der Waals surface area (Å²) in [6.07, 6.45) is -0.842. The maximum atomic E-state index is 12.3. The van der Waals surface area contributed by atoms with E-state index in [1.54, 1.807) is 45.0 Å². The Balaban J connectivity index is 2.03. The van der Waals surface area contributed by atoms with Crippen molar-refractivity contribution in [1.29, 1.82) is 0 Å². The van der Waals surface area contributed by atoms with Crippen molar-refractivity contribution in [3.8, 4) is 11.5 Å². The number of carbonyl (C=O) groups is 2. The monoisotopic (exact) mass is 351 g/mol. The Morgan fingerprint density at radius 1 is 1.20 bits per heavy atom. The molecule has 1 amide bonds. The molecule has 0 bridgehead atoms. The first kappa shape index (κ1) is 18.9. The zero-order valence-electron chi connectivity index (χ0n) is 15.0. The van der Waals surface area contributed by atoms with Gasteiger partial charge in [0.2, 0.25) is 0 Å². The number of hydrogen-bond acceptors (Lipinski definition) is 5. The predicted octanol–water partition coefficient (Wildman–Crippen LogP) is 2.93. The molecule has 1 heterocycles. The minimum atomic E-state index is -1.07. The lowest BCUT2D eigenvalue weighted by molar-refractivity contribution is -0.142. The van der Waals surface area contributed by atoms with Crippen LogP contribution < -0.4 is 9.47 Å². The van der Waals surface area contributed by atoms with Gasteiger partial charge in [-0.2, -0.15) is 0 Å². The van der Waals surface area contributed by atoms with E-state index in [4.69, 9.17) is 14.2 Å². The Kier molecular flexibility index (Phi) is 5.77. The van der Waals surface area contributed by atoms with Gasteiger partial charge in [-0.25, -0.2) is 9.59 Å². The lowest BCUT2D eigenvalue weighted by Gasteiger charge is -2.26. The first-order chi connectivity index (χ1) is 11.7. The van der Waals surface area contributed by atoms with Gasteiger partial charge in [-0.05, 0) is 52.0 Å². The summed E-state index contributed by atoms with van der Waals surface area (Å²) in [5, 5.41) is 9.39. The van der Waals surface area contributed by atoms with Gasteiger partial charge in [-0.3, -0.25) is 4.90 Å². The zero-order chi connectivity index (χ0) is 18.6. The molecule has 2 rings (SSSR count). The molecule has 0 saturated carbocycles. The quantitative estimate of drug-likeness (QED) is 0.878. The van der Waals surface area contributed by atoms with Crippen molar-refractivity contribution < 1.29 is 28.9 Å². The van der Waals surface area contributed by atoms with E-state index in [0.29, 0.717) is 12.4 Å². The van der Waals surface area contributed by atoms with E-state index in [-0.39, 0.29) is 13.0 Å². The molecule has 1 N–H and O–H groups in total. The van der Waals surface area contributed by atoms with E-state index in [1.807, 2.05) is 6.92 Å². The fourth-order valence-corrected chi connectivity index (χ4v) is 2.61. The highest BCUT2D eigenvalue weighted by Crippen LogP contribution is 2.26. The normalized spacial score (nSPS) is 20.2. The van der Waals surface area contributed by atoms with E-state index in [9.17, 15) is 14.7 Å². The molecule has 0 aromatic heterocycles. The summed E-state index contributed by atoms with van der Waals surface area (Å²) in [5.41, 5.74) is -0.686. The van der Waals surface area contributed by atoms with Crippen molar-refractivity contribution >= 4 is 12.1 Å². The molecule has 1 saturated heterocycles. The third kappa shape index (κ3) is 5.27. The predicted molar refractivity (Wildman–Crippen MR) is 91.0 cm³/mol. The van der Waals surface area contributed by atoms with Crippen LogP contribution in [-0.2, 0) is 9.53 Å². The van der Waals surface area contributed by atoms with Crippen LogP contribution in [-0.4, -0.2) is 53.0 Å². The first-order valence-electron chi connectivity index (χ1n) is 8.31. The smallest absolute Gasteiger partial charge is 0.411 e. The SMILES string of the molecule is CCOc1ccc(OC2CC(C(=O)O)N(C(=O)OC(C)(C)C)C2)cc1. The number of amides is 1. The average molecular weight is 351 g/mol. The molecule has 25 heavy (non-hydrogen) atoms. The van der Waals surface area contributed by atoms with Crippen LogP contribution in [0.4, 0.5) is 4.79 Å². The third-order valence-corrected chi connectivity index (χ3v) is 3.61. The molecular formula is C18H25NO6. The summed E-state index contributed by atoms with van der Waals surface area (Å²) in [6.45, 7) is 7.87. The van der Waals surface area contributed by atoms with E-state index >= 15 is 0 Å². The van der Waals surface area contributed by atoms with E-state index in [1.165, 1.54) is 4.90 Å².